The molecule has 0 aliphatic carbocycles. The zero-order valence-corrected chi connectivity index (χ0v) is 13.6. The van der Waals surface area contributed by atoms with Crippen LogP contribution in [0.25, 0.3) is 11.4 Å². The van der Waals surface area contributed by atoms with E-state index in [2.05, 4.69) is 16.3 Å². The fourth-order valence-electron chi connectivity index (χ4n) is 2.20. The first-order chi connectivity index (χ1) is 10.7. The molecular formula is C16H17N3O2S. The van der Waals surface area contributed by atoms with Gasteiger partial charge in [0.05, 0.1) is 18.9 Å². The van der Waals surface area contributed by atoms with E-state index in [4.69, 9.17) is 9.15 Å². The number of ether oxygens (including phenoxy) is 1. The molecule has 6 heteroatoms. The second kappa shape index (κ2) is 6.27. The zero-order valence-electron chi connectivity index (χ0n) is 12.7. The molecule has 0 aliphatic heterocycles. The van der Waals surface area contributed by atoms with E-state index in [1.807, 2.05) is 42.8 Å². The Balaban J connectivity index is 1.76. The molecule has 3 rings (SSSR count). The highest BCUT2D eigenvalue weighted by Crippen LogP contribution is 2.28. The van der Waals surface area contributed by atoms with Crippen molar-refractivity contribution >= 4 is 11.8 Å². The van der Waals surface area contributed by atoms with E-state index < -0.39 is 0 Å². The normalized spacial score (nSPS) is 10.9. The Kier molecular flexibility index (Phi) is 4.20. The first-order valence-corrected chi connectivity index (χ1v) is 7.87. The van der Waals surface area contributed by atoms with Gasteiger partial charge in [0.25, 0.3) is 0 Å². The second-order valence-corrected chi connectivity index (χ2v) is 5.84. The van der Waals surface area contributed by atoms with Gasteiger partial charge in [0.15, 0.2) is 11.0 Å². The third kappa shape index (κ3) is 2.87. The number of thioether (sulfide) groups is 1. The summed E-state index contributed by atoms with van der Waals surface area (Å²) in [5.41, 5.74) is 2.16. The molecule has 5 nitrogen and oxygen atoms in total. The van der Waals surface area contributed by atoms with Crippen molar-refractivity contribution < 1.29 is 9.15 Å². The first-order valence-electron chi connectivity index (χ1n) is 6.88. The van der Waals surface area contributed by atoms with Crippen molar-refractivity contribution in [1.29, 1.82) is 0 Å². The van der Waals surface area contributed by atoms with Crippen molar-refractivity contribution in [3.63, 3.8) is 0 Å². The molecule has 0 spiro atoms. The van der Waals surface area contributed by atoms with Crippen molar-refractivity contribution in [2.24, 2.45) is 7.05 Å². The molecule has 0 saturated heterocycles. The van der Waals surface area contributed by atoms with Gasteiger partial charge in [-0.15, -0.1) is 10.2 Å². The Bertz CT molecular complexity index is 779. The summed E-state index contributed by atoms with van der Waals surface area (Å²) >= 11 is 1.65. The van der Waals surface area contributed by atoms with Crippen LogP contribution in [0, 0.1) is 6.92 Å². The van der Waals surface area contributed by atoms with Gasteiger partial charge in [-0.25, -0.2) is 0 Å². The maximum absolute atomic E-state index is 5.34. The lowest BCUT2D eigenvalue weighted by atomic mass is 10.2. The molecule has 0 N–H and O–H groups in total. The second-order valence-electron chi connectivity index (χ2n) is 4.90. The standard InChI is InChI=1S/C16H17N3O2S/c1-11-14(7-8-21-11)15-17-18-16(19(15)2)22-10-12-5-4-6-13(9-12)20-3/h4-9H,10H2,1-3H3. The minimum Gasteiger partial charge on any atom is -0.497 e. The minimum atomic E-state index is 0.813. The van der Waals surface area contributed by atoms with Gasteiger partial charge >= 0.3 is 0 Å². The average Bonchev–Trinajstić information content (AvgIpc) is 3.11. The summed E-state index contributed by atoms with van der Waals surface area (Å²) in [6, 6.07) is 9.95. The van der Waals surface area contributed by atoms with E-state index in [-0.39, 0.29) is 0 Å². The summed E-state index contributed by atoms with van der Waals surface area (Å²) in [4.78, 5) is 0. The topological polar surface area (TPSA) is 53.1 Å². The third-order valence-corrected chi connectivity index (χ3v) is 4.53. The molecule has 0 bridgehead atoms. The van der Waals surface area contributed by atoms with Crippen LogP contribution in [-0.4, -0.2) is 21.9 Å². The molecule has 114 valence electrons. The Hall–Kier alpha value is -2.21. The lowest BCUT2D eigenvalue weighted by molar-refractivity contribution is 0.414. The zero-order chi connectivity index (χ0) is 15.5. The van der Waals surface area contributed by atoms with Crippen LogP contribution in [0.2, 0.25) is 0 Å². The molecule has 0 amide bonds. The molecule has 0 aliphatic rings. The number of aromatic nitrogens is 3. The molecule has 2 aromatic heterocycles. The van der Waals surface area contributed by atoms with Crippen molar-refractivity contribution in [3.05, 3.63) is 47.9 Å². The molecule has 0 unspecified atom stereocenters. The number of hydrogen-bond acceptors (Lipinski definition) is 5. The third-order valence-electron chi connectivity index (χ3n) is 3.44. The number of methoxy groups -OCH3 is 1. The predicted octanol–water partition coefficient (Wildman–Crippen LogP) is 3.68. The van der Waals surface area contributed by atoms with E-state index in [0.29, 0.717) is 0 Å². The van der Waals surface area contributed by atoms with Crippen LogP contribution in [0.1, 0.15) is 11.3 Å². The number of nitrogens with zero attached hydrogens (tertiary/aromatic N) is 3. The number of furan rings is 1. The van der Waals surface area contributed by atoms with Crippen LogP contribution in [0.3, 0.4) is 0 Å². The van der Waals surface area contributed by atoms with Gasteiger partial charge in [-0.05, 0) is 30.7 Å². The number of rotatable bonds is 5. The van der Waals surface area contributed by atoms with Crippen LogP contribution in [0.15, 0.2) is 46.2 Å². The molecule has 2 heterocycles. The number of benzene rings is 1. The summed E-state index contributed by atoms with van der Waals surface area (Å²) in [5, 5.41) is 9.42. The number of aryl methyl sites for hydroxylation is 1. The summed E-state index contributed by atoms with van der Waals surface area (Å²) in [6.07, 6.45) is 1.67. The van der Waals surface area contributed by atoms with Crippen molar-refractivity contribution in [1.82, 2.24) is 14.8 Å². The van der Waals surface area contributed by atoms with Crippen LogP contribution < -0.4 is 4.74 Å². The Morgan fingerprint density at radius 3 is 2.86 bits per heavy atom. The Morgan fingerprint density at radius 1 is 1.27 bits per heavy atom. The summed E-state index contributed by atoms with van der Waals surface area (Å²) in [6.45, 7) is 1.92. The van der Waals surface area contributed by atoms with Gasteiger partial charge in [-0.2, -0.15) is 0 Å². The lowest BCUT2D eigenvalue weighted by Crippen LogP contribution is -1.95. The fourth-order valence-corrected chi connectivity index (χ4v) is 3.06. The summed E-state index contributed by atoms with van der Waals surface area (Å²) in [7, 11) is 3.64. The molecule has 0 radical (unpaired) electrons. The highest BCUT2D eigenvalue weighted by molar-refractivity contribution is 7.98. The van der Waals surface area contributed by atoms with Gasteiger partial charge in [0.2, 0.25) is 0 Å². The van der Waals surface area contributed by atoms with Crippen molar-refractivity contribution in [3.8, 4) is 17.1 Å². The van der Waals surface area contributed by atoms with E-state index in [0.717, 1.165) is 33.8 Å². The summed E-state index contributed by atoms with van der Waals surface area (Å²) < 4.78 is 12.6. The highest BCUT2D eigenvalue weighted by Gasteiger charge is 2.14. The van der Waals surface area contributed by atoms with E-state index in [1.54, 1.807) is 25.1 Å². The largest absolute Gasteiger partial charge is 0.497 e. The van der Waals surface area contributed by atoms with Crippen LogP contribution in [0.5, 0.6) is 5.75 Å². The van der Waals surface area contributed by atoms with Gasteiger partial charge in [-0.1, -0.05) is 23.9 Å². The fraction of sp³-hybridized carbons (Fsp3) is 0.250. The minimum absolute atomic E-state index is 0.813. The van der Waals surface area contributed by atoms with Gasteiger partial charge in [-0.3, -0.25) is 0 Å². The number of hydrogen-bond donors (Lipinski definition) is 0. The quantitative estimate of drug-likeness (QED) is 0.672. The average molecular weight is 315 g/mol. The Labute approximate surface area is 133 Å². The molecule has 0 saturated carbocycles. The highest BCUT2D eigenvalue weighted by atomic mass is 32.2. The first kappa shape index (κ1) is 14.7. The van der Waals surface area contributed by atoms with Gasteiger partial charge in [0, 0.05) is 12.8 Å². The van der Waals surface area contributed by atoms with E-state index in [1.165, 1.54) is 5.56 Å². The van der Waals surface area contributed by atoms with Crippen LogP contribution in [-0.2, 0) is 12.8 Å². The van der Waals surface area contributed by atoms with Crippen molar-refractivity contribution in [2.45, 2.75) is 17.8 Å². The molecule has 0 atom stereocenters. The van der Waals surface area contributed by atoms with Crippen LogP contribution in [0.4, 0.5) is 0 Å². The Morgan fingerprint density at radius 2 is 2.14 bits per heavy atom. The molecular weight excluding hydrogens is 298 g/mol. The SMILES string of the molecule is COc1cccc(CSc2nnc(-c3ccoc3C)n2C)c1. The molecule has 1 aromatic carbocycles. The predicted molar refractivity (Wildman–Crippen MR) is 86.0 cm³/mol. The van der Waals surface area contributed by atoms with Crippen LogP contribution >= 0.6 is 11.8 Å². The molecule has 22 heavy (non-hydrogen) atoms. The smallest absolute Gasteiger partial charge is 0.191 e. The van der Waals surface area contributed by atoms with E-state index in [9.17, 15) is 0 Å². The summed E-state index contributed by atoms with van der Waals surface area (Å²) in [5.74, 6) is 3.35. The lowest BCUT2D eigenvalue weighted by Gasteiger charge is -2.05. The van der Waals surface area contributed by atoms with E-state index >= 15 is 0 Å². The molecule has 0 fully saturated rings. The maximum atomic E-state index is 5.34. The van der Waals surface area contributed by atoms with Crippen molar-refractivity contribution in [2.75, 3.05) is 7.11 Å². The monoisotopic (exact) mass is 315 g/mol. The van der Waals surface area contributed by atoms with Gasteiger partial charge in [0.1, 0.15) is 11.5 Å². The maximum Gasteiger partial charge on any atom is 0.191 e. The van der Waals surface area contributed by atoms with Gasteiger partial charge < -0.3 is 13.7 Å². The molecule has 3 aromatic rings.